The van der Waals surface area contributed by atoms with E-state index in [0.29, 0.717) is 38.8 Å². The Bertz CT molecular complexity index is 665. The van der Waals surface area contributed by atoms with Gasteiger partial charge in [-0.1, -0.05) is 36.4 Å². The minimum atomic E-state index is -2.68. The van der Waals surface area contributed by atoms with Crippen LogP contribution in [0.25, 0.3) is 10.8 Å². The molecule has 0 aliphatic heterocycles. The van der Waals surface area contributed by atoms with Crippen LogP contribution in [0.4, 0.5) is 0 Å². The summed E-state index contributed by atoms with van der Waals surface area (Å²) in [6, 6.07) is 15.4. The van der Waals surface area contributed by atoms with Crippen molar-refractivity contribution in [3.05, 3.63) is 48.0 Å². The maximum atomic E-state index is 10.4. The van der Waals surface area contributed by atoms with Crippen molar-refractivity contribution in [2.75, 3.05) is 26.4 Å². The molecule has 2 N–H and O–H groups in total. The first kappa shape index (κ1) is 22.0. The smallest absolute Gasteiger partial charge is 0.392 e. The van der Waals surface area contributed by atoms with Gasteiger partial charge in [0.15, 0.2) is 0 Å². The molecule has 0 radical (unpaired) electrons. The van der Waals surface area contributed by atoms with E-state index >= 15 is 0 Å². The molecule has 0 spiro atoms. The van der Waals surface area contributed by atoms with E-state index in [0.717, 1.165) is 6.54 Å². The Balaban J connectivity index is 1.80. The second-order valence-corrected chi connectivity index (χ2v) is 9.22. The van der Waals surface area contributed by atoms with Gasteiger partial charge in [0.2, 0.25) is 0 Å². The first-order chi connectivity index (χ1) is 13.1. The number of aliphatic hydroxyl groups excluding tert-OH is 1. The average Bonchev–Trinajstić information content (AvgIpc) is 2.67. The molecular formula is C21H33NO4Si. The molecule has 0 bridgehead atoms. The summed E-state index contributed by atoms with van der Waals surface area (Å²) < 4.78 is 17.5. The van der Waals surface area contributed by atoms with Crippen LogP contribution in [0.3, 0.4) is 0 Å². The van der Waals surface area contributed by atoms with Gasteiger partial charge in [-0.05, 0) is 49.6 Å². The summed E-state index contributed by atoms with van der Waals surface area (Å²) in [5.74, 6) is 0. The van der Waals surface area contributed by atoms with Gasteiger partial charge in [0.1, 0.15) is 0 Å². The summed E-state index contributed by atoms with van der Waals surface area (Å²) in [6.07, 6.45) is 0.135. The van der Waals surface area contributed by atoms with Crippen molar-refractivity contribution in [2.45, 2.75) is 45.9 Å². The molecule has 0 saturated heterocycles. The molecule has 1 atom stereocenters. The van der Waals surface area contributed by atoms with E-state index in [9.17, 15) is 5.11 Å². The van der Waals surface area contributed by atoms with Crippen LogP contribution >= 0.6 is 0 Å². The van der Waals surface area contributed by atoms with Gasteiger partial charge in [0.05, 0.1) is 6.10 Å². The lowest BCUT2D eigenvalue weighted by Crippen LogP contribution is -2.46. The SMILES string of the molecule is CCO[Si](CCC(O)CNCc1ccc2ccccc2c1)(OCC)OCC. The number of fused-ring (bicyclic) bond motifs is 1. The molecule has 2 aromatic carbocycles. The molecule has 2 aromatic rings. The Morgan fingerprint density at radius 3 is 2.19 bits per heavy atom. The predicted octanol–water partition coefficient (Wildman–Crippen LogP) is 3.73. The van der Waals surface area contributed by atoms with E-state index < -0.39 is 14.9 Å². The summed E-state index contributed by atoms with van der Waals surface area (Å²) in [5, 5.41) is 16.2. The zero-order chi connectivity index (χ0) is 19.5. The third-order valence-electron chi connectivity index (χ3n) is 4.40. The normalized spacial score (nSPS) is 13.2. The van der Waals surface area contributed by atoms with E-state index in [1.165, 1.54) is 16.3 Å². The number of benzene rings is 2. The van der Waals surface area contributed by atoms with E-state index in [-0.39, 0.29) is 0 Å². The first-order valence-corrected chi connectivity index (χ1v) is 11.8. The van der Waals surface area contributed by atoms with E-state index in [1.54, 1.807) is 0 Å². The highest BCUT2D eigenvalue weighted by atomic mass is 28.4. The molecule has 150 valence electrons. The number of rotatable bonds is 13. The molecule has 1 unspecified atom stereocenters. The second-order valence-electron chi connectivity index (χ2n) is 6.49. The monoisotopic (exact) mass is 391 g/mol. The lowest BCUT2D eigenvalue weighted by atomic mass is 10.1. The summed E-state index contributed by atoms with van der Waals surface area (Å²) in [6.45, 7) is 8.77. The van der Waals surface area contributed by atoms with Crippen molar-refractivity contribution >= 4 is 19.6 Å². The van der Waals surface area contributed by atoms with Gasteiger partial charge in [-0.15, -0.1) is 0 Å². The van der Waals surface area contributed by atoms with Crippen molar-refractivity contribution < 1.29 is 18.4 Å². The quantitative estimate of drug-likeness (QED) is 0.510. The lowest BCUT2D eigenvalue weighted by molar-refractivity contribution is 0.0651. The summed E-state index contributed by atoms with van der Waals surface area (Å²) in [4.78, 5) is 0. The molecule has 0 saturated carbocycles. The van der Waals surface area contributed by atoms with Crippen LogP contribution in [0.1, 0.15) is 32.8 Å². The fourth-order valence-corrected chi connectivity index (χ4v) is 5.87. The van der Waals surface area contributed by atoms with Crippen molar-refractivity contribution in [3.8, 4) is 0 Å². The molecule has 2 rings (SSSR count). The van der Waals surface area contributed by atoms with Gasteiger partial charge in [-0.3, -0.25) is 0 Å². The highest BCUT2D eigenvalue weighted by molar-refractivity contribution is 6.60. The Morgan fingerprint density at radius 2 is 1.56 bits per heavy atom. The Hall–Kier alpha value is -1.28. The topological polar surface area (TPSA) is 60.0 Å². The molecule has 27 heavy (non-hydrogen) atoms. The summed E-state index contributed by atoms with van der Waals surface area (Å²) in [5.41, 5.74) is 1.21. The van der Waals surface area contributed by atoms with Crippen LogP contribution < -0.4 is 5.32 Å². The molecule has 0 fully saturated rings. The molecule has 0 aliphatic rings. The molecule has 0 aliphatic carbocycles. The van der Waals surface area contributed by atoms with Crippen LogP contribution in [-0.2, 0) is 19.8 Å². The fourth-order valence-electron chi connectivity index (χ4n) is 3.18. The van der Waals surface area contributed by atoms with Crippen molar-refractivity contribution in [1.29, 1.82) is 0 Å². The van der Waals surface area contributed by atoms with Gasteiger partial charge in [-0.2, -0.15) is 0 Å². The first-order valence-electron chi connectivity index (χ1n) is 9.90. The highest BCUT2D eigenvalue weighted by Crippen LogP contribution is 2.19. The summed E-state index contributed by atoms with van der Waals surface area (Å²) >= 11 is 0. The molecule has 0 amide bonds. The Morgan fingerprint density at radius 1 is 0.926 bits per heavy atom. The average molecular weight is 392 g/mol. The zero-order valence-corrected chi connectivity index (χ0v) is 17.7. The lowest BCUT2D eigenvalue weighted by Gasteiger charge is -2.29. The fraction of sp³-hybridized carbons (Fsp3) is 0.524. The molecular weight excluding hydrogens is 358 g/mol. The van der Waals surface area contributed by atoms with E-state index in [4.69, 9.17) is 13.3 Å². The van der Waals surface area contributed by atoms with Gasteiger partial charge in [0, 0.05) is 39.0 Å². The van der Waals surface area contributed by atoms with Crippen LogP contribution in [0.15, 0.2) is 42.5 Å². The van der Waals surface area contributed by atoms with E-state index in [1.807, 2.05) is 26.8 Å². The van der Waals surface area contributed by atoms with Crippen LogP contribution in [0.2, 0.25) is 6.04 Å². The van der Waals surface area contributed by atoms with Crippen molar-refractivity contribution in [1.82, 2.24) is 5.32 Å². The maximum Gasteiger partial charge on any atom is 0.501 e. The molecule has 5 nitrogen and oxygen atoms in total. The minimum absolute atomic E-state index is 0.460. The third-order valence-corrected chi connectivity index (χ3v) is 7.49. The Kier molecular flexibility index (Phi) is 9.40. The Labute approximate surface area is 164 Å². The number of aliphatic hydroxyl groups is 1. The van der Waals surface area contributed by atoms with Gasteiger partial charge in [-0.25, -0.2) is 0 Å². The summed E-state index contributed by atoms with van der Waals surface area (Å²) in [7, 11) is -2.68. The maximum absolute atomic E-state index is 10.4. The van der Waals surface area contributed by atoms with Crippen LogP contribution in [0, 0.1) is 0 Å². The van der Waals surface area contributed by atoms with Crippen molar-refractivity contribution in [2.24, 2.45) is 0 Å². The van der Waals surface area contributed by atoms with Crippen molar-refractivity contribution in [3.63, 3.8) is 0 Å². The van der Waals surface area contributed by atoms with Gasteiger partial charge >= 0.3 is 8.80 Å². The molecule has 6 heteroatoms. The van der Waals surface area contributed by atoms with Gasteiger partial charge in [0.25, 0.3) is 0 Å². The second kappa shape index (κ2) is 11.5. The molecule has 0 heterocycles. The van der Waals surface area contributed by atoms with Crippen LogP contribution in [0.5, 0.6) is 0 Å². The zero-order valence-electron chi connectivity index (χ0n) is 16.7. The molecule has 0 aromatic heterocycles. The van der Waals surface area contributed by atoms with Gasteiger partial charge < -0.3 is 23.7 Å². The number of hydrogen-bond donors (Lipinski definition) is 2. The number of nitrogens with one attached hydrogen (secondary N) is 1. The standard InChI is InChI=1S/C21H33NO4Si/c1-4-24-27(25-5-2,26-6-3)14-13-21(23)17-22-16-18-11-12-19-9-7-8-10-20(19)15-18/h7-12,15,21-23H,4-6,13-14,16-17H2,1-3H3. The third kappa shape index (κ3) is 6.99. The minimum Gasteiger partial charge on any atom is -0.392 e. The highest BCUT2D eigenvalue weighted by Gasteiger charge is 2.40. The predicted molar refractivity (Wildman–Crippen MR) is 112 cm³/mol. The number of hydrogen-bond acceptors (Lipinski definition) is 5. The van der Waals surface area contributed by atoms with Crippen LogP contribution in [-0.4, -0.2) is 46.4 Å². The van der Waals surface area contributed by atoms with E-state index in [2.05, 4.69) is 41.7 Å². The largest absolute Gasteiger partial charge is 0.501 e.